The van der Waals surface area contributed by atoms with Gasteiger partial charge in [0, 0.05) is 0 Å². The Kier molecular flexibility index (Phi) is 7.44. The van der Waals surface area contributed by atoms with Crippen LogP contribution < -0.4 is 9.47 Å². The highest BCUT2D eigenvalue weighted by molar-refractivity contribution is 5.47. The largest absolute Gasteiger partial charge is 0.497 e. The second-order valence-corrected chi connectivity index (χ2v) is 8.91. The van der Waals surface area contributed by atoms with Crippen molar-refractivity contribution in [3.05, 3.63) is 125 Å². The van der Waals surface area contributed by atoms with Gasteiger partial charge in [-0.15, -0.1) is 0 Å². The number of methoxy groups -OCH3 is 1. The molecule has 4 aromatic rings. The van der Waals surface area contributed by atoms with Crippen LogP contribution in [0, 0.1) is 6.92 Å². The number of aryl methyl sites for hydroxylation is 1. The van der Waals surface area contributed by atoms with Gasteiger partial charge in [-0.3, -0.25) is 0 Å². The standard InChI is InChI=1S/C30H24F6O2/c1-20-3-9-23(10-4-20)28(29(31,32)33,30(34,35)36)24-11-17-27(18-12-24)38-26-15-7-22(8-16-26)19-21-5-13-25(37-2)14-6-21/h3-18H,19H2,1-2H3. The summed E-state index contributed by atoms with van der Waals surface area (Å²) in [6, 6.07) is 22.7. The second-order valence-electron chi connectivity index (χ2n) is 8.91. The van der Waals surface area contributed by atoms with Crippen molar-refractivity contribution in [3.63, 3.8) is 0 Å². The fourth-order valence-corrected chi connectivity index (χ4v) is 4.35. The molecule has 0 aliphatic heterocycles. The average molecular weight is 531 g/mol. The molecule has 0 radical (unpaired) electrons. The summed E-state index contributed by atoms with van der Waals surface area (Å²) in [4.78, 5) is 0. The van der Waals surface area contributed by atoms with Crippen LogP contribution in [0.25, 0.3) is 0 Å². The van der Waals surface area contributed by atoms with E-state index in [9.17, 15) is 26.3 Å². The van der Waals surface area contributed by atoms with Gasteiger partial charge in [0.05, 0.1) is 7.11 Å². The maximum atomic E-state index is 14.3. The lowest BCUT2D eigenvalue weighted by atomic mass is 9.72. The molecule has 2 nitrogen and oxygen atoms in total. The Morgan fingerprint density at radius 2 is 0.895 bits per heavy atom. The third-order valence-electron chi connectivity index (χ3n) is 6.35. The van der Waals surface area contributed by atoms with Crippen molar-refractivity contribution in [1.82, 2.24) is 0 Å². The van der Waals surface area contributed by atoms with E-state index in [1.54, 1.807) is 26.2 Å². The lowest BCUT2D eigenvalue weighted by molar-refractivity contribution is -0.288. The molecule has 4 aromatic carbocycles. The Hall–Kier alpha value is -3.94. The summed E-state index contributed by atoms with van der Waals surface area (Å²) in [6.07, 6.45) is -10.6. The van der Waals surface area contributed by atoms with Gasteiger partial charge in [-0.1, -0.05) is 66.2 Å². The van der Waals surface area contributed by atoms with Crippen molar-refractivity contribution in [2.45, 2.75) is 31.1 Å². The molecular weight excluding hydrogens is 506 g/mol. The minimum absolute atomic E-state index is 0.110. The van der Waals surface area contributed by atoms with E-state index in [-0.39, 0.29) is 5.75 Å². The Morgan fingerprint density at radius 3 is 1.29 bits per heavy atom. The third kappa shape index (κ3) is 5.35. The van der Waals surface area contributed by atoms with Gasteiger partial charge in [0.1, 0.15) is 17.2 Å². The molecule has 0 aliphatic rings. The molecule has 0 saturated carbocycles. The first-order chi connectivity index (χ1) is 17.9. The Morgan fingerprint density at radius 1 is 0.526 bits per heavy atom. The number of benzene rings is 4. The monoisotopic (exact) mass is 530 g/mol. The number of ether oxygens (including phenoxy) is 2. The van der Waals surface area contributed by atoms with Gasteiger partial charge >= 0.3 is 12.4 Å². The molecule has 0 heterocycles. The molecule has 0 saturated heterocycles. The molecule has 0 spiro atoms. The van der Waals surface area contributed by atoms with Crippen molar-refractivity contribution in [1.29, 1.82) is 0 Å². The van der Waals surface area contributed by atoms with Crippen molar-refractivity contribution in [2.75, 3.05) is 7.11 Å². The molecule has 0 aromatic heterocycles. The maximum absolute atomic E-state index is 14.3. The minimum atomic E-state index is -5.64. The van der Waals surface area contributed by atoms with E-state index in [2.05, 4.69) is 0 Å². The zero-order chi connectivity index (χ0) is 27.6. The number of alkyl halides is 6. The first kappa shape index (κ1) is 27.1. The van der Waals surface area contributed by atoms with Crippen LogP contribution in [0.5, 0.6) is 17.2 Å². The summed E-state index contributed by atoms with van der Waals surface area (Å²) in [5.74, 6) is 1.26. The highest BCUT2D eigenvalue weighted by Crippen LogP contribution is 2.56. The molecule has 0 amide bonds. The van der Waals surface area contributed by atoms with E-state index >= 15 is 0 Å². The number of rotatable bonds is 7. The SMILES string of the molecule is COc1ccc(Cc2ccc(Oc3ccc(C(c4ccc(C)cc4)(C(F)(F)F)C(F)(F)F)cc3)cc2)cc1. The fraction of sp³-hybridized carbons (Fsp3) is 0.200. The first-order valence-electron chi connectivity index (χ1n) is 11.6. The Balaban J connectivity index is 1.57. The van der Waals surface area contributed by atoms with Crippen LogP contribution in [0.4, 0.5) is 26.3 Å². The number of halogens is 6. The van der Waals surface area contributed by atoms with E-state index < -0.39 is 28.9 Å². The Bertz CT molecular complexity index is 1330. The van der Waals surface area contributed by atoms with Crippen LogP contribution in [0.2, 0.25) is 0 Å². The summed E-state index contributed by atoms with van der Waals surface area (Å²) in [6.45, 7) is 1.59. The van der Waals surface area contributed by atoms with Gasteiger partial charge in [-0.25, -0.2) is 0 Å². The zero-order valence-electron chi connectivity index (χ0n) is 20.5. The van der Waals surface area contributed by atoms with Gasteiger partial charge in [-0.2, -0.15) is 26.3 Å². The van der Waals surface area contributed by atoms with Gasteiger partial charge in [-0.05, 0) is 72.0 Å². The van der Waals surface area contributed by atoms with Gasteiger partial charge < -0.3 is 9.47 Å². The summed E-state index contributed by atoms with van der Waals surface area (Å²) in [7, 11) is 1.59. The molecule has 198 valence electrons. The molecule has 0 fully saturated rings. The highest BCUT2D eigenvalue weighted by atomic mass is 19.4. The molecule has 0 unspecified atom stereocenters. The molecule has 0 N–H and O–H groups in total. The van der Waals surface area contributed by atoms with Crippen LogP contribution >= 0.6 is 0 Å². The van der Waals surface area contributed by atoms with Crippen molar-refractivity contribution >= 4 is 0 Å². The van der Waals surface area contributed by atoms with Crippen molar-refractivity contribution in [3.8, 4) is 17.2 Å². The number of hydrogen-bond donors (Lipinski definition) is 0. The first-order valence-corrected chi connectivity index (χ1v) is 11.6. The normalized spacial score (nSPS) is 12.3. The van der Waals surface area contributed by atoms with Gasteiger partial charge in [0.2, 0.25) is 5.41 Å². The Labute approximate surface area is 216 Å². The smallest absolute Gasteiger partial charge is 0.411 e. The second kappa shape index (κ2) is 10.4. The van der Waals surface area contributed by atoms with Crippen LogP contribution in [0.1, 0.15) is 27.8 Å². The lowest BCUT2D eigenvalue weighted by Gasteiger charge is -2.38. The predicted molar refractivity (Wildman–Crippen MR) is 133 cm³/mol. The topological polar surface area (TPSA) is 18.5 Å². The predicted octanol–water partition coefficient (Wildman–Crippen LogP) is 8.80. The molecular formula is C30H24F6O2. The van der Waals surface area contributed by atoms with E-state index in [1.165, 1.54) is 12.1 Å². The van der Waals surface area contributed by atoms with E-state index in [4.69, 9.17) is 9.47 Å². The molecule has 38 heavy (non-hydrogen) atoms. The summed E-state index contributed by atoms with van der Waals surface area (Å²) >= 11 is 0. The van der Waals surface area contributed by atoms with Crippen molar-refractivity contribution < 1.29 is 35.8 Å². The van der Waals surface area contributed by atoms with Crippen LogP contribution in [0.3, 0.4) is 0 Å². The van der Waals surface area contributed by atoms with Gasteiger partial charge in [0.25, 0.3) is 0 Å². The minimum Gasteiger partial charge on any atom is -0.497 e. The molecule has 0 bridgehead atoms. The van der Waals surface area contributed by atoms with E-state index in [0.717, 1.165) is 53.3 Å². The van der Waals surface area contributed by atoms with Crippen LogP contribution in [-0.2, 0) is 11.8 Å². The molecule has 4 rings (SSSR count). The maximum Gasteiger partial charge on any atom is 0.411 e. The van der Waals surface area contributed by atoms with Crippen LogP contribution in [0.15, 0.2) is 97.1 Å². The van der Waals surface area contributed by atoms with Gasteiger partial charge in [0.15, 0.2) is 0 Å². The lowest BCUT2D eigenvalue weighted by Crippen LogP contribution is -2.54. The van der Waals surface area contributed by atoms with E-state index in [1.807, 2.05) is 36.4 Å². The van der Waals surface area contributed by atoms with E-state index in [0.29, 0.717) is 17.7 Å². The molecule has 0 atom stereocenters. The summed E-state index contributed by atoms with van der Waals surface area (Å²) < 4.78 is 96.4. The molecule has 8 heteroatoms. The fourth-order valence-electron chi connectivity index (χ4n) is 4.35. The van der Waals surface area contributed by atoms with Crippen LogP contribution in [-0.4, -0.2) is 19.5 Å². The molecule has 0 aliphatic carbocycles. The summed E-state index contributed by atoms with van der Waals surface area (Å²) in [5.41, 5.74) is -3.41. The average Bonchev–Trinajstić information content (AvgIpc) is 2.86. The number of hydrogen-bond acceptors (Lipinski definition) is 2. The quantitative estimate of drug-likeness (QED) is 0.222. The zero-order valence-corrected chi connectivity index (χ0v) is 20.5. The summed E-state index contributed by atoms with van der Waals surface area (Å²) in [5, 5.41) is 0. The third-order valence-corrected chi connectivity index (χ3v) is 6.35. The highest BCUT2D eigenvalue weighted by Gasteiger charge is 2.72. The van der Waals surface area contributed by atoms with Crippen molar-refractivity contribution in [2.24, 2.45) is 0 Å².